The molecular formula is C92H66N2. The molecule has 0 unspecified atom stereocenters. The zero-order chi connectivity index (χ0) is 62.8. The van der Waals surface area contributed by atoms with Crippen LogP contribution < -0.4 is 9.80 Å². The molecule has 0 aliphatic heterocycles. The summed E-state index contributed by atoms with van der Waals surface area (Å²) in [5.74, 6) is 0. The molecule has 0 spiro atoms. The molecule has 94 heavy (non-hydrogen) atoms. The van der Waals surface area contributed by atoms with Gasteiger partial charge in [-0.2, -0.15) is 0 Å². The van der Waals surface area contributed by atoms with Crippen LogP contribution in [0.1, 0.15) is 11.1 Å². The van der Waals surface area contributed by atoms with Crippen LogP contribution in [0.15, 0.2) is 388 Å². The van der Waals surface area contributed by atoms with E-state index < -0.39 is 0 Å². The topological polar surface area (TPSA) is 6.48 Å². The average molecular weight is 1200 g/mol. The number of rotatable bonds is 17. The Morgan fingerprint density at radius 1 is 0.128 bits per heavy atom. The van der Waals surface area contributed by atoms with E-state index in [1.165, 1.54) is 0 Å². The highest BCUT2D eigenvalue weighted by Crippen LogP contribution is 2.46. The zero-order valence-electron chi connectivity index (χ0n) is 52.0. The lowest BCUT2D eigenvalue weighted by molar-refractivity contribution is 1.28. The fraction of sp³-hybridized carbons (Fsp3) is 0. The van der Waals surface area contributed by atoms with Crippen LogP contribution in [0.2, 0.25) is 0 Å². The van der Waals surface area contributed by atoms with E-state index >= 15 is 0 Å². The number of hydrogen-bond donors (Lipinski definition) is 0. The van der Waals surface area contributed by atoms with Gasteiger partial charge in [0.25, 0.3) is 0 Å². The third-order valence-electron chi connectivity index (χ3n) is 17.5. The summed E-state index contributed by atoms with van der Waals surface area (Å²) in [5, 5.41) is 0. The van der Waals surface area contributed by atoms with Crippen LogP contribution in [-0.2, 0) is 0 Å². The van der Waals surface area contributed by atoms with Crippen molar-refractivity contribution in [1.82, 2.24) is 0 Å². The third-order valence-corrected chi connectivity index (χ3v) is 17.5. The summed E-state index contributed by atoms with van der Waals surface area (Å²) in [6, 6.07) is 141. The molecule has 0 bridgehead atoms. The number of anilines is 6. The monoisotopic (exact) mass is 1200 g/mol. The maximum atomic E-state index is 2.43. The fourth-order valence-corrected chi connectivity index (χ4v) is 12.8. The van der Waals surface area contributed by atoms with Crippen molar-refractivity contribution in [3.8, 4) is 100 Å². The summed E-state index contributed by atoms with van der Waals surface area (Å²) < 4.78 is 0. The van der Waals surface area contributed by atoms with Crippen LogP contribution in [-0.4, -0.2) is 0 Å². The highest BCUT2D eigenvalue weighted by molar-refractivity contribution is 5.92. The van der Waals surface area contributed by atoms with Crippen LogP contribution in [0.25, 0.3) is 112 Å². The van der Waals surface area contributed by atoms with Crippen molar-refractivity contribution in [1.29, 1.82) is 0 Å². The molecule has 0 saturated carbocycles. The third kappa shape index (κ3) is 13.0. The molecule has 2 heteroatoms. The van der Waals surface area contributed by atoms with Gasteiger partial charge in [0, 0.05) is 34.1 Å². The van der Waals surface area contributed by atoms with E-state index in [-0.39, 0.29) is 0 Å². The van der Waals surface area contributed by atoms with Gasteiger partial charge in [-0.15, -0.1) is 0 Å². The summed E-state index contributed by atoms with van der Waals surface area (Å²) in [7, 11) is 0. The first kappa shape index (κ1) is 58.0. The Hall–Kier alpha value is -12.4. The largest absolute Gasteiger partial charge is 0.310 e. The van der Waals surface area contributed by atoms with Gasteiger partial charge in [0.2, 0.25) is 0 Å². The maximum Gasteiger partial charge on any atom is 0.0473 e. The minimum Gasteiger partial charge on any atom is -0.310 e. The molecular weight excluding hydrogens is 1130 g/mol. The highest BCUT2D eigenvalue weighted by Gasteiger charge is 2.21. The Balaban J connectivity index is 0.791. The van der Waals surface area contributed by atoms with E-state index in [9.17, 15) is 0 Å². The van der Waals surface area contributed by atoms with Crippen molar-refractivity contribution in [3.05, 3.63) is 399 Å². The van der Waals surface area contributed by atoms with Gasteiger partial charge in [-0.05, 0) is 214 Å². The Labute approximate surface area is 552 Å². The number of hydrogen-bond acceptors (Lipinski definition) is 2. The van der Waals surface area contributed by atoms with Gasteiger partial charge in [0.15, 0.2) is 0 Å². The maximum absolute atomic E-state index is 2.43. The first-order valence-electron chi connectivity index (χ1n) is 32.2. The summed E-state index contributed by atoms with van der Waals surface area (Å²) in [4.78, 5) is 4.85. The minimum absolute atomic E-state index is 1.05. The molecule has 2 nitrogen and oxygen atoms in total. The van der Waals surface area contributed by atoms with Crippen LogP contribution in [0.5, 0.6) is 0 Å². The highest BCUT2D eigenvalue weighted by atomic mass is 15.1. The summed E-state index contributed by atoms with van der Waals surface area (Å²) >= 11 is 0. The molecule has 0 radical (unpaired) electrons. The van der Waals surface area contributed by atoms with Crippen LogP contribution in [0.3, 0.4) is 0 Å². The van der Waals surface area contributed by atoms with E-state index in [2.05, 4.69) is 410 Å². The molecule has 0 aromatic heterocycles. The van der Waals surface area contributed by atoms with Crippen molar-refractivity contribution in [2.24, 2.45) is 0 Å². The molecule has 0 heterocycles. The molecule has 15 aromatic carbocycles. The Morgan fingerprint density at radius 2 is 0.340 bits per heavy atom. The molecule has 444 valence electrons. The quantitative estimate of drug-likeness (QED) is 0.0839. The lowest BCUT2D eigenvalue weighted by Crippen LogP contribution is -2.11. The smallest absolute Gasteiger partial charge is 0.0473 e. The van der Waals surface area contributed by atoms with Gasteiger partial charge in [-0.3, -0.25) is 0 Å². The van der Waals surface area contributed by atoms with Crippen molar-refractivity contribution >= 4 is 46.3 Å². The molecule has 0 aliphatic carbocycles. The van der Waals surface area contributed by atoms with E-state index in [1.807, 2.05) is 0 Å². The molecule has 15 aromatic rings. The van der Waals surface area contributed by atoms with Gasteiger partial charge in [0.05, 0.1) is 0 Å². The van der Waals surface area contributed by atoms with Crippen molar-refractivity contribution in [3.63, 3.8) is 0 Å². The summed E-state index contributed by atoms with van der Waals surface area (Å²) in [6.07, 6.45) is 4.45. The predicted molar refractivity (Wildman–Crippen MR) is 400 cm³/mol. The number of benzene rings is 15. The first-order valence-corrected chi connectivity index (χ1v) is 32.2. The fourth-order valence-electron chi connectivity index (χ4n) is 12.8. The number of nitrogens with zero attached hydrogens (tertiary/aromatic N) is 2. The van der Waals surface area contributed by atoms with Gasteiger partial charge in [-0.25, -0.2) is 0 Å². The lowest BCUT2D eigenvalue weighted by atomic mass is 9.95. The summed E-state index contributed by atoms with van der Waals surface area (Å²) in [6.45, 7) is 0. The molecule has 0 aliphatic rings. The SMILES string of the molecule is C(=Cc1cccc(-c2ccc(N(c3cc(-c4ccccc4)cc(-c4ccccc4)c3)c3cc(-c4ccccc4)cc(-c4ccccc4)c3)cc2)c1)c1ccc(N(c2cc(-c3ccccc3)cc(-c3ccccc3)c2)c2cc(-c3ccccc3)cc(-c3ccccc3)c2)cc1. The van der Waals surface area contributed by atoms with E-state index in [1.54, 1.807) is 0 Å². The van der Waals surface area contributed by atoms with Gasteiger partial charge in [0.1, 0.15) is 0 Å². The predicted octanol–water partition coefficient (Wildman–Crippen LogP) is 25.8. The molecule has 0 fully saturated rings. The molecule has 0 atom stereocenters. The second kappa shape index (κ2) is 27.0. The van der Waals surface area contributed by atoms with E-state index in [4.69, 9.17) is 0 Å². The van der Waals surface area contributed by atoms with Crippen LogP contribution >= 0.6 is 0 Å². The minimum atomic E-state index is 1.05. The van der Waals surface area contributed by atoms with Gasteiger partial charge >= 0.3 is 0 Å². The van der Waals surface area contributed by atoms with Crippen LogP contribution in [0.4, 0.5) is 34.1 Å². The average Bonchev–Trinajstić information content (AvgIpc) is 0.821. The van der Waals surface area contributed by atoms with Crippen molar-refractivity contribution < 1.29 is 0 Å². The van der Waals surface area contributed by atoms with Gasteiger partial charge in [-0.1, -0.05) is 297 Å². The second-order valence-corrected chi connectivity index (χ2v) is 23.8. The molecule has 15 rings (SSSR count). The Kier molecular flexibility index (Phi) is 16.7. The van der Waals surface area contributed by atoms with E-state index in [0.29, 0.717) is 0 Å². The lowest BCUT2D eigenvalue weighted by Gasteiger charge is -2.28. The van der Waals surface area contributed by atoms with Gasteiger partial charge < -0.3 is 9.80 Å². The normalized spacial score (nSPS) is 11.1. The second-order valence-electron chi connectivity index (χ2n) is 23.8. The van der Waals surface area contributed by atoms with Crippen molar-refractivity contribution in [2.75, 3.05) is 9.80 Å². The van der Waals surface area contributed by atoms with Crippen molar-refractivity contribution in [2.45, 2.75) is 0 Å². The summed E-state index contributed by atoms with van der Waals surface area (Å²) in [5.41, 5.74) is 29.3. The first-order chi connectivity index (χ1) is 46.5. The Bertz CT molecular complexity index is 4570. The zero-order valence-corrected chi connectivity index (χ0v) is 52.0. The molecule has 0 amide bonds. The molecule has 0 N–H and O–H groups in total. The standard InChI is InChI=1S/C92H66N2/c1-9-27-69(28-10-1)79-55-80(70-29-11-2-12-30-70)60-89(59-79)93(90-61-81(71-31-13-3-14-32-71)56-82(62-90)72-33-15-4-16-34-72)87-50-46-67(47-51-87)44-45-68-26-25-43-78(54-68)77-48-52-88(53-49-77)94(91-63-83(73-35-17-5-18-36-73)57-84(64-91)74-37-19-6-20-38-74)92-65-85(75-39-21-7-22-40-75)58-86(66-92)76-41-23-8-24-42-76/h1-66H. The van der Waals surface area contributed by atoms with Crippen LogP contribution in [0, 0.1) is 0 Å². The Morgan fingerprint density at radius 3 is 0.596 bits per heavy atom. The molecule has 0 saturated heterocycles. The van der Waals surface area contributed by atoms with E-state index in [0.717, 1.165) is 145 Å².